The number of carbonyl (C=O) groups is 3. The van der Waals surface area contributed by atoms with Gasteiger partial charge in [0, 0.05) is 38.4 Å². The molecule has 0 bridgehead atoms. The van der Waals surface area contributed by atoms with Gasteiger partial charge in [0.1, 0.15) is 25.0 Å². The first kappa shape index (κ1) is 41.7. The maximum Gasteiger partial charge on any atom is 0.290 e. The second-order valence-electron chi connectivity index (χ2n) is 14.4. The van der Waals surface area contributed by atoms with Crippen LogP contribution in [-0.2, 0) is 42.6 Å². The summed E-state index contributed by atoms with van der Waals surface area (Å²) < 4.78 is 20.1. The number of fused-ring (bicyclic) bond motifs is 2. The molecule has 60 heavy (non-hydrogen) atoms. The third-order valence-corrected chi connectivity index (χ3v) is 11.3. The molecule has 2 aliphatic heterocycles. The van der Waals surface area contributed by atoms with Crippen LogP contribution in [0, 0.1) is 13.8 Å². The minimum Gasteiger partial charge on any atom is -0.489 e. The molecule has 4 heterocycles. The Hall–Kier alpha value is -6.44. The van der Waals surface area contributed by atoms with Crippen molar-refractivity contribution in [3.05, 3.63) is 152 Å². The van der Waals surface area contributed by atoms with E-state index in [-0.39, 0.29) is 36.6 Å². The number of halogens is 2. The van der Waals surface area contributed by atoms with E-state index in [4.69, 9.17) is 47.3 Å². The number of aryl methyl sites for hydroxylation is 2. The number of hydrogen-bond donors (Lipinski definition) is 2. The van der Waals surface area contributed by atoms with E-state index in [1.54, 1.807) is 30.3 Å². The van der Waals surface area contributed by atoms with E-state index < -0.39 is 6.04 Å². The molecule has 0 saturated carbocycles. The monoisotopic (exact) mass is 848 g/mol. The predicted octanol–water partition coefficient (Wildman–Crippen LogP) is 7.52. The summed E-state index contributed by atoms with van der Waals surface area (Å²) in [6, 6.07) is 26.6. The number of carbonyl (C=O) groups excluding carboxylic acids is 2. The van der Waals surface area contributed by atoms with Crippen LogP contribution in [0.2, 0.25) is 10.0 Å². The summed E-state index contributed by atoms with van der Waals surface area (Å²) in [4.78, 5) is 42.1. The van der Waals surface area contributed by atoms with Crippen LogP contribution in [0.25, 0.3) is 11.1 Å². The number of nitrogens with one attached hydrogen (secondary N) is 1. The summed E-state index contributed by atoms with van der Waals surface area (Å²) in [5.41, 5.74) is 9.31. The molecule has 0 radical (unpaired) electrons. The van der Waals surface area contributed by atoms with Crippen molar-refractivity contribution in [2.24, 2.45) is 7.05 Å². The van der Waals surface area contributed by atoms with Crippen LogP contribution < -0.4 is 19.5 Å². The van der Waals surface area contributed by atoms with E-state index in [0.29, 0.717) is 59.9 Å². The lowest BCUT2D eigenvalue weighted by molar-refractivity contribution is -0.126. The first-order chi connectivity index (χ1) is 29.0. The summed E-state index contributed by atoms with van der Waals surface area (Å²) in [5.74, 6) is 1.25. The van der Waals surface area contributed by atoms with Gasteiger partial charge in [0.15, 0.2) is 23.3 Å². The van der Waals surface area contributed by atoms with Crippen LogP contribution in [0.1, 0.15) is 55.7 Å². The average molecular weight is 850 g/mol. The molecule has 6 aromatic rings. The number of rotatable bonds is 10. The Morgan fingerprint density at radius 3 is 2.40 bits per heavy atom. The Morgan fingerprint density at radius 2 is 1.68 bits per heavy atom. The summed E-state index contributed by atoms with van der Waals surface area (Å²) >= 11 is 12.2. The molecule has 2 amide bonds. The molecule has 308 valence electrons. The number of nitrogens with zero attached hydrogens (tertiary/aromatic N) is 5. The van der Waals surface area contributed by atoms with E-state index >= 15 is 0 Å². The average Bonchev–Trinajstić information content (AvgIpc) is 3.70. The number of carboxylic acid groups (broad SMARTS) is 1. The largest absolute Gasteiger partial charge is 0.489 e. The van der Waals surface area contributed by atoms with Crippen molar-refractivity contribution < 1.29 is 33.7 Å². The van der Waals surface area contributed by atoms with Gasteiger partial charge in [-0.15, -0.1) is 5.10 Å². The summed E-state index contributed by atoms with van der Waals surface area (Å²) in [6.45, 7) is 5.09. The van der Waals surface area contributed by atoms with E-state index in [1.807, 2.05) is 61.7 Å². The summed E-state index contributed by atoms with van der Waals surface area (Å²) in [7, 11) is 1.70. The van der Waals surface area contributed by atoms with Gasteiger partial charge in [-0.2, -0.15) is 0 Å². The molecule has 2 aliphatic rings. The second kappa shape index (κ2) is 18.6. The van der Waals surface area contributed by atoms with Crippen molar-refractivity contribution >= 4 is 41.5 Å². The molecule has 0 saturated heterocycles. The molecule has 2 atom stereocenters. The Bertz CT molecular complexity index is 2510. The number of benzene rings is 4. The molecular formula is C45H42Cl2N6O7. The zero-order valence-electron chi connectivity index (χ0n) is 33.1. The predicted molar refractivity (Wildman–Crippen MR) is 225 cm³/mol. The van der Waals surface area contributed by atoms with Gasteiger partial charge in [-0.25, -0.2) is 0 Å². The fraction of sp³-hybridized carbons (Fsp3) is 0.244. The Balaban J connectivity index is 0.00000176. The van der Waals surface area contributed by atoms with Gasteiger partial charge in [-0.3, -0.25) is 24.0 Å². The number of aromatic nitrogens is 4. The number of hydrogen-bond acceptors (Lipinski definition) is 9. The lowest BCUT2D eigenvalue weighted by atomic mass is 9.92. The smallest absolute Gasteiger partial charge is 0.290 e. The molecule has 4 aromatic carbocycles. The molecule has 8 rings (SSSR count). The zero-order chi connectivity index (χ0) is 42.3. The van der Waals surface area contributed by atoms with Crippen molar-refractivity contribution in [1.29, 1.82) is 0 Å². The van der Waals surface area contributed by atoms with Crippen LogP contribution in [0.4, 0.5) is 0 Å². The molecular weight excluding hydrogens is 807 g/mol. The fourth-order valence-electron chi connectivity index (χ4n) is 7.18. The van der Waals surface area contributed by atoms with Gasteiger partial charge in [0.05, 0.1) is 16.2 Å². The van der Waals surface area contributed by atoms with Gasteiger partial charge in [0.2, 0.25) is 5.91 Å². The van der Waals surface area contributed by atoms with Crippen molar-refractivity contribution in [1.82, 2.24) is 30.2 Å². The van der Waals surface area contributed by atoms with Gasteiger partial charge >= 0.3 is 0 Å². The summed E-state index contributed by atoms with van der Waals surface area (Å²) in [5, 5.41) is 19.0. The molecule has 0 spiro atoms. The minimum atomic E-state index is -0.764. The van der Waals surface area contributed by atoms with Crippen molar-refractivity contribution in [3.63, 3.8) is 0 Å². The molecule has 13 nitrogen and oxygen atoms in total. The summed E-state index contributed by atoms with van der Waals surface area (Å²) in [6.07, 6.45) is 3.96. The molecule has 15 heteroatoms. The van der Waals surface area contributed by atoms with Crippen molar-refractivity contribution in [2.75, 3.05) is 13.2 Å². The highest BCUT2D eigenvalue weighted by molar-refractivity contribution is 6.42. The Kier molecular flexibility index (Phi) is 13.0. The van der Waals surface area contributed by atoms with Crippen LogP contribution in [0.15, 0.2) is 97.3 Å². The first-order valence-electron chi connectivity index (χ1n) is 19.2. The minimum absolute atomic E-state index is 0.167. The van der Waals surface area contributed by atoms with Crippen LogP contribution in [-0.4, -0.2) is 67.5 Å². The third kappa shape index (κ3) is 9.54. The normalized spacial score (nSPS) is 15.2. The highest BCUT2D eigenvalue weighted by Crippen LogP contribution is 2.41. The SMILES string of the molecule is Cc1nccc(-c2ccc(CCNC(=O)C3Cc4cc5c(cc4CN3C(=O)c3cn(C)nn3)OC(c3ccc(OCc4ccc(Cl)c(Cl)c4)cc3)CO5)cc2)c1C.O=CO. The maximum absolute atomic E-state index is 13.9. The third-order valence-electron chi connectivity index (χ3n) is 10.5. The van der Waals surface area contributed by atoms with Crippen molar-refractivity contribution in [2.45, 2.75) is 52.0 Å². The van der Waals surface area contributed by atoms with Crippen molar-refractivity contribution in [3.8, 4) is 28.4 Å². The van der Waals surface area contributed by atoms with Crippen LogP contribution >= 0.6 is 23.2 Å². The molecule has 2 aromatic heterocycles. The fourth-order valence-corrected chi connectivity index (χ4v) is 7.50. The highest BCUT2D eigenvalue weighted by atomic mass is 35.5. The van der Waals surface area contributed by atoms with Gasteiger partial charge in [-0.1, -0.05) is 70.9 Å². The van der Waals surface area contributed by atoms with Gasteiger partial charge < -0.3 is 29.5 Å². The number of pyridine rings is 1. The van der Waals surface area contributed by atoms with E-state index in [0.717, 1.165) is 50.2 Å². The standard InChI is InChI=1S/C44H40Cl2N6O5.CH2O2/c1-26-27(2)47-17-15-35(26)30-7-4-28(5-8-30)14-16-48-43(53)39-19-32-20-40-41(21-33(32)22-52(39)44(54)38-23-51(3)50-49-38)57-42(25-56-40)31-9-11-34(12-10-31)55-24-29-6-13-36(45)37(46)18-29;2-1-3/h4-13,15,17-18,20-21,23,39,42H,14,16,19,22,24-25H2,1-3H3,(H,48,53);1H,(H,2,3). The maximum atomic E-state index is 13.9. The lowest BCUT2D eigenvalue weighted by Gasteiger charge is -2.37. The lowest BCUT2D eigenvalue weighted by Crippen LogP contribution is -2.53. The van der Waals surface area contributed by atoms with E-state index in [1.165, 1.54) is 4.68 Å². The zero-order valence-corrected chi connectivity index (χ0v) is 34.6. The number of amides is 2. The Labute approximate surface area is 356 Å². The van der Waals surface area contributed by atoms with E-state index in [9.17, 15) is 9.59 Å². The van der Waals surface area contributed by atoms with Crippen LogP contribution in [0.5, 0.6) is 17.2 Å². The van der Waals surface area contributed by atoms with Gasteiger partial charge in [0.25, 0.3) is 12.4 Å². The Morgan fingerprint density at radius 1 is 0.950 bits per heavy atom. The van der Waals surface area contributed by atoms with Crippen LogP contribution in [0.3, 0.4) is 0 Å². The number of ether oxygens (including phenoxy) is 3. The molecule has 2 N–H and O–H groups in total. The first-order valence-corrected chi connectivity index (χ1v) is 19.9. The second-order valence-corrected chi connectivity index (χ2v) is 15.2. The quantitative estimate of drug-likeness (QED) is 0.132. The van der Waals surface area contributed by atoms with E-state index in [2.05, 4.69) is 51.8 Å². The molecule has 0 aliphatic carbocycles. The molecule has 0 fully saturated rings. The van der Waals surface area contributed by atoms with Gasteiger partial charge in [-0.05, 0) is 107 Å². The topological polar surface area (TPSA) is 158 Å². The molecule has 2 unspecified atom stereocenters. The highest BCUT2D eigenvalue weighted by Gasteiger charge is 2.37.